The monoisotopic (exact) mass is 195 g/mol. The van der Waals surface area contributed by atoms with E-state index in [-0.39, 0.29) is 0 Å². The maximum atomic E-state index is 9.71. The molecule has 0 bridgehead atoms. The number of hydrogen-bond acceptors (Lipinski definition) is 3. The Morgan fingerprint density at radius 1 is 1.29 bits per heavy atom. The molecule has 0 aliphatic carbocycles. The molecule has 78 valence electrons. The van der Waals surface area contributed by atoms with Gasteiger partial charge in [-0.05, 0) is 19.4 Å². The fourth-order valence-corrected chi connectivity index (χ4v) is 1.14. The summed E-state index contributed by atoms with van der Waals surface area (Å²) in [5.74, 6) is 0. The van der Waals surface area contributed by atoms with E-state index in [4.69, 9.17) is 0 Å². The van der Waals surface area contributed by atoms with Gasteiger partial charge in [0.15, 0.2) is 0 Å². The number of hydrogen-bond donors (Lipinski definition) is 3. The summed E-state index contributed by atoms with van der Waals surface area (Å²) in [6.07, 6.45) is -0.581. The van der Waals surface area contributed by atoms with E-state index in [9.17, 15) is 10.2 Å². The first-order valence-corrected chi connectivity index (χ1v) is 4.69. The molecular weight excluding hydrogens is 178 g/mol. The Bertz CT molecular complexity index is 266. The van der Waals surface area contributed by atoms with E-state index in [0.29, 0.717) is 6.54 Å². The summed E-state index contributed by atoms with van der Waals surface area (Å²) in [5, 5.41) is 21.9. The molecule has 0 aromatic heterocycles. The van der Waals surface area contributed by atoms with Gasteiger partial charge in [0.05, 0.1) is 6.10 Å². The van der Waals surface area contributed by atoms with Gasteiger partial charge in [-0.15, -0.1) is 0 Å². The number of benzene rings is 1. The van der Waals surface area contributed by atoms with Crippen LogP contribution in [0.25, 0.3) is 0 Å². The lowest BCUT2D eigenvalue weighted by molar-refractivity contribution is 0.0278. The highest BCUT2D eigenvalue weighted by molar-refractivity contribution is 5.17. The Balaban J connectivity index is 2.48. The molecule has 1 aromatic rings. The normalized spacial score (nSPS) is 14.0. The third-order valence-electron chi connectivity index (χ3n) is 1.91. The van der Waals surface area contributed by atoms with Gasteiger partial charge in [0.1, 0.15) is 5.72 Å². The highest BCUT2D eigenvalue weighted by Gasteiger charge is 2.14. The molecule has 14 heavy (non-hydrogen) atoms. The molecular formula is C11H17NO2. The van der Waals surface area contributed by atoms with E-state index in [1.165, 1.54) is 0 Å². The van der Waals surface area contributed by atoms with Crippen molar-refractivity contribution in [2.24, 2.45) is 0 Å². The molecule has 3 heteroatoms. The van der Waals surface area contributed by atoms with Gasteiger partial charge in [-0.25, -0.2) is 0 Å². The third-order valence-corrected chi connectivity index (χ3v) is 1.91. The van der Waals surface area contributed by atoms with Crippen LogP contribution >= 0.6 is 0 Å². The molecule has 0 aliphatic rings. The van der Waals surface area contributed by atoms with Crippen molar-refractivity contribution < 1.29 is 10.2 Å². The summed E-state index contributed by atoms with van der Waals surface area (Å²) in [6.45, 7) is 3.63. The average Bonchev–Trinajstić information content (AvgIpc) is 2.14. The van der Waals surface area contributed by atoms with Gasteiger partial charge >= 0.3 is 0 Å². The molecule has 0 radical (unpaired) electrons. The van der Waals surface area contributed by atoms with Crippen LogP contribution < -0.4 is 5.32 Å². The first-order valence-electron chi connectivity index (χ1n) is 4.69. The fraction of sp³-hybridized carbons (Fsp3) is 0.455. The lowest BCUT2D eigenvalue weighted by atomic mass is 10.1. The molecule has 1 rings (SSSR count). The second kappa shape index (κ2) is 4.55. The Hall–Kier alpha value is -0.900. The van der Waals surface area contributed by atoms with Crippen molar-refractivity contribution in [1.82, 2.24) is 5.32 Å². The first kappa shape index (κ1) is 11.2. The highest BCUT2D eigenvalue weighted by Crippen LogP contribution is 2.11. The van der Waals surface area contributed by atoms with Crippen LogP contribution in [0.5, 0.6) is 0 Å². The van der Waals surface area contributed by atoms with Crippen LogP contribution in [0.2, 0.25) is 0 Å². The van der Waals surface area contributed by atoms with Crippen LogP contribution in [0.4, 0.5) is 0 Å². The van der Waals surface area contributed by atoms with E-state index in [1.54, 1.807) is 13.8 Å². The van der Waals surface area contributed by atoms with Gasteiger partial charge in [0.2, 0.25) is 0 Å². The van der Waals surface area contributed by atoms with Gasteiger partial charge in [-0.3, -0.25) is 5.32 Å². The largest absolute Gasteiger partial charge is 0.387 e. The summed E-state index contributed by atoms with van der Waals surface area (Å²) in [6, 6.07) is 9.37. The van der Waals surface area contributed by atoms with Crippen LogP contribution in [-0.4, -0.2) is 22.5 Å². The molecule has 3 nitrogen and oxygen atoms in total. The first-order chi connectivity index (χ1) is 6.49. The Labute approximate surface area is 84.4 Å². The molecule has 0 spiro atoms. The Morgan fingerprint density at radius 2 is 1.86 bits per heavy atom. The van der Waals surface area contributed by atoms with Gasteiger partial charge in [0.25, 0.3) is 0 Å². The minimum absolute atomic E-state index is 0.341. The van der Waals surface area contributed by atoms with Gasteiger partial charge < -0.3 is 10.2 Å². The number of nitrogens with one attached hydrogen (secondary N) is 1. The molecule has 0 aliphatic heterocycles. The van der Waals surface area contributed by atoms with Crippen LogP contribution in [0.15, 0.2) is 30.3 Å². The molecule has 0 heterocycles. The van der Waals surface area contributed by atoms with Crippen LogP contribution in [-0.2, 0) is 0 Å². The zero-order chi connectivity index (χ0) is 10.6. The Morgan fingerprint density at radius 3 is 2.36 bits per heavy atom. The molecule has 0 fully saturated rings. The Kier molecular flexibility index (Phi) is 3.63. The highest BCUT2D eigenvalue weighted by atomic mass is 16.3. The quantitative estimate of drug-likeness (QED) is 0.629. The maximum Gasteiger partial charge on any atom is 0.110 e. The van der Waals surface area contributed by atoms with Crippen LogP contribution in [0, 0.1) is 0 Å². The van der Waals surface area contributed by atoms with E-state index in [1.807, 2.05) is 30.3 Å². The number of aliphatic hydroxyl groups is 2. The van der Waals surface area contributed by atoms with Crippen LogP contribution in [0.3, 0.4) is 0 Å². The maximum absolute atomic E-state index is 9.71. The van der Waals surface area contributed by atoms with Crippen molar-refractivity contribution in [2.75, 3.05) is 6.54 Å². The van der Waals surface area contributed by atoms with Gasteiger partial charge in [-0.2, -0.15) is 0 Å². The topological polar surface area (TPSA) is 52.5 Å². The van der Waals surface area contributed by atoms with Crippen molar-refractivity contribution in [2.45, 2.75) is 25.7 Å². The summed E-state index contributed by atoms with van der Waals surface area (Å²) < 4.78 is 0. The van der Waals surface area contributed by atoms with E-state index >= 15 is 0 Å². The summed E-state index contributed by atoms with van der Waals surface area (Å²) in [7, 11) is 0. The molecule has 1 atom stereocenters. The van der Waals surface area contributed by atoms with Crippen molar-refractivity contribution in [1.29, 1.82) is 0 Å². The molecule has 3 N–H and O–H groups in total. The van der Waals surface area contributed by atoms with E-state index < -0.39 is 11.8 Å². The van der Waals surface area contributed by atoms with Crippen LogP contribution in [0.1, 0.15) is 25.5 Å². The standard InChI is InChI=1S/C11H17NO2/c1-11(2,14)12-8-10(13)9-6-4-3-5-7-9/h3-7,10,12-14H,8H2,1-2H3. The average molecular weight is 195 g/mol. The molecule has 0 saturated heterocycles. The third kappa shape index (κ3) is 3.87. The second-order valence-corrected chi connectivity index (χ2v) is 3.87. The zero-order valence-corrected chi connectivity index (χ0v) is 8.57. The molecule has 0 saturated carbocycles. The predicted molar refractivity (Wildman–Crippen MR) is 55.7 cm³/mol. The van der Waals surface area contributed by atoms with Crippen molar-refractivity contribution in [3.05, 3.63) is 35.9 Å². The molecule has 1 unspecified atom stereocenters. The van der Waals surface area contributed by atoms with Crippen molar-refractivity contribution in [3.8, 4) is 0 Å². The molecule has 1 aromatic carbocycles. The molecule has 0 amide bonds. The minimum Gasteiger partial charge on any atom is -0.387 e. The second-order valence-electron chi connectivity index (χ2n) is 3.87. The summed E-state index contributed by atoms with van der Waals surface area (Å²) in [4.78, 5) is 0. The summed E-state index contributed by atoms with van der Waals surface area (Å²) in [5.41, 5.74) is -0.0975. The fourth-order valence-electron chi connectivity index (χ4n) is 1.14. The van der Waals surface area contributed by atoms with Gasteiger partial charge in [0, 0.05) is 6.54 Å². The zero-order valence-electron chi connectivity index (χ0n) is 8.57. The smallest absolute Gasteiger partial charge is 0.110 e. The van der Waals surface area contributed by atoms with Crippen molar-refractivity contribution in [3.63, 3.8) is 0 Å². The lowest BCUT2D eigenvalue weighted by Crippen LogP contribution is -2.41. The number of rotatable bonds is 4. The number of aliphatic hydroxyl groups excluding tert-OH is 1. The summed E-state index contributed by atoms with van der Waals surface area (Å²) >= 11 is 0. The van der Waals surface area contributed by atoms with E-state index in [0.717, 1.165) is 5.56 Å². The SMILES string of the molecule is CC(C)(O)NCC(O)c1ccccc1. The van der Waals surface area contributed by atoms with Crippen molar-refractivity contribution >= 4 is 0 Å². The predicted octanol–water partition coefficient (Wildman–Crippen LogP) is 1.04. The van der Waals surface area contributed by atoms with Gasteiger partial charge in [-0.1, -0.05) is 30.3 Å². The van der Waals surface area contributed by atoms with E-state index in [2.05, 4.69) is 5.32 Å². The lowest BCUT2D eigenvalue weighted by Gasteiger charge is -2.21. The minimum atomic E-state index is -0.949.